The molecule has 1 heterocycles. The lowest BCUT2D eigenvalue weighted by molar-refractivity contribution is 0.0944. The van der Waals surface area contributed by atoms with Crippen molar-refractivity contribution >= 4 is 17.7 Å². The van der Waals surface area contributed by atoms with Gasteiger partial charge in [-0.1, -0.05) is 12.1 Å². The lowest BCUT2D eigenvalue weighted by Gasteiger charge is -2.05. The van der Waals surface area contributed by atoms with Crippen molar-refractivity contribution in [3.05, 3.63) is 17.5 Å². The Morgan fingerprint density at radius 1 is 1.75 bits per heavy atom. The Bertz CT molecular complexity index is 342. The predicted octanol–water partition coefficient (Wildman–Crippen LogP) is 0.249. The van der Waals surface area contributed by atoms with Crippen LogP contribution in [0, 0.1) is 0 Å². The molecule has 1 rings (SSSR count). The maximum absolute atomic E-state index is 11.1. The average Bonchev–Trinajstić information content (AvgIpc) is 2.76. The van der Waals surface area contributed by atoms with Crippen LogP contribution in [0.3, 0.4) is 0 Å². The van der Waals surface area contributed by atoms with Gasteiger partial charge in [0.05, 0.1) is 5.75 Å². The third-order valence-electron chi connectivity index (χ3n) is 2.02. The molecule has 1 aromatic heterocycles. The van der Waals surface area contributed by atoms with Crippen molar-refractivity contribution in [2.24, 2.45) is 11.6 Å². The zero-order valence-electron chi connectivity index (χ0n) is 9.10. The summed E-state index contributed by atoms with van der Waals surface area (Å²) in [7, 11) is 0. The van der Waals surface area contributed by atoms with Gasteiger partial charge in [0.15, 0.2) is 5.69 Å². The minimum absolute atomic E-state index is 0.192. The molecule has 1 atom stereocenters. The van der Waals surface area contributed by atoms with Crippen LogP contribution in [0.2, 0.25) is 0 Å². The van der Waals surface area contributed by atoms with Gasteiger partial charge in [-0.15, -0.1) is 0 Å². The highest BCUT2D eigenvalue weighted by atomic mass is 32.2. The fourth-order valence-corrected chi connectivity index (χ4v) is 1.98. The van der Waals surface area contributed by atoms with Gasteiger partial charge in [-0.3, -0.25) is 10.2 Å². The van der Waals surface area contributed by atoms with Gasteiger partial charge in [0.2, 0.25) is 0 Å². The molecule has 0 saturated carbocycles. The topological polar surface area (TPSA) is 107 Å². The van der Waals surface area contributed by atoms with Crippen LogP contribution >= 0.6 is 11.8 Å². The van der Waals surface area contributed by atoms with Crippen molar-refractivity contribution in [3.63, 3.8) is 0 Å². The number of nitrogens with one attached hydrogen (secondary N) is 1. The van der Waals surface area contributed by atoms with Crippen LogP contribution in [0.5, 0.6) is 0 Å². The van der Waals surface area contributed by atoms with Gasteiger partial charge in [-0.25, -0.2) is 5.84 Å². The van der Waals surface area contributed by atoms with Gasteiger partial charge in [-0.2, -0.15) is 11.8 Å². The van der Waals surface area contributed by atoms with Crippen LogP contribution in [0.15, 0.2) is 10.6 Å². The normalized spacial score (nSPS) is 12.4. The highest BCUT2D eigenvalue weighted by molar-refractivity contribution is 7.98. The van der Waals surface area contributed by atoms with E-state index in [4.69, 9.17) is 16.1 Å². The number of hydrogen-bond donors (Lipinski definition) is 3. The number of carbonyl (C=O) groups excluding carboxylic acids is 1. The van der Waals surface area contributed by atoms with Crippen molar-refractivity contribution < 1.29 is 9.32 Å². The third kappa shape index (κ3) is 3.84. The standard InChI is InChI=1S/C9H16N4O2S/c1-2-6(10)4-16-5-7-3-8(13-15-7)9(14)12-11/h3,6H,2,4-5,10-11H2,1H3,(H,12,14). The van der Waals surface area contributed by atoms with Gasteiger partial charge in [0.25, 0.3) is 5.91 Å². The average molecular weight is 244 g/mol. The number of hydrazine groups is 1. The first-order valence-corrected chi connectivity index (χ1v) is 6.12. The molecule has 0 spiro atoms. The maximum atomic E-state index is 11.1. The van der Waals surface area contributed by atoms with E-state index in [0.29, 0.717) is 11.5 Å². The molecule has 0 aromatic carbocycles. The monoisotopic (exact) mass is 244 g/mol. The van der Waals surface area contributed by atoms with Crippen molar-refractivity contribution in [2.45, 2.75) is 25.1 Å². The Labute approximate surface area is 98.1 Å². The van der Waals surface area contributed by atoms with Crippen LogP contribution < -0.4 is 17.0 Å². The van der Waals surface area contributed by atoms with Gasteiger partial charge in [-0.05, 0) is 6.42 Å². The second-order valence-corrected chi connectivity index (χ2v) is 4.37. The highest BCUT2D eigenvalue weighted by Gasteiger charge is 2.11. The van der Waals surface area contributed by atoms with Gasteiger partial charge >= 0.3 is 0 Å². The second-order valence-electron chi connectivity index (χ2n) is 3.34. The number of hydrogen-bond acceptors (Lipinski definition) is 6. The number of nitrogen functional groups attached to an aromatic ring is 1. The molecule has 7 heteroatoms. The number of thioether (sulfide) groups is 1. The molecule has 16 heavy (non-hydrogen) atoms. The van der Waals surface area contributed by atoms with E-state index >= 15 is 0 Å². The molecule has 90 valence electrons. The van der Waals surface area contributed by atoms with E-state index in [1.54, 1.807) is 17.8 Å². The van der Waals surface area contributed by atoms with Crippen molar-refractivity contribution in [2.75, 3.05) is 5.75 Å². The van der Waals surface area contributed by atoms with E-state index in [9.17, 15) is 4.79 Å². The Hall–Kier alpha value is -1.05. The van der Waals surface area contributed by atoms with Crippen molar-refractivity contribution in [3.8, 4) is 0 Å². The molecule has 1 aromatic rings. The molecule has 0 bridgehead atoms. The summed E-state index contributed by atoms with van der Waals surface area (Å²) in [5.41, 5.74) is 7.95. The zero-order chi connectivity index (χ0) is 12.0. The number of rotatable bonds is 6. The van der Waals surface area contributed by atoms with Gasteiger partial charge < -0.3 is 10.3 Å². The fourth-order valence-electron chi connectivity index (χ4n) is 0.991. The molecule has 0 saturated heterocycles. The Morgan fingerprint density at radius 2 is 2.50 bits per heavy atom. The summed E-state index contributed by atoms with van der Waals surface area (Å²) >= 11 is 1.65. The Balaban J connectivity index is 2.38. The highest BCUT2D eigenvalue weighted by Crippen LogP contribution is 2.14. The van der Waals surface area contributed by atoms with Gasteiger partial charge in [0.1, 0.15) is 5.76 Å². The van der Waals surface area contributed by atoms with Crippen LogP contribution in [0.4, 0.5) is 0 Å². The van der Waals surface area contributed by atoms with Crippen LogP contribution in [0.25, 0.3) is 0 Å². The lowest BCUT2D eigenvalue weighted by atomic mass is 10.3. The summed E-state index contributed by atoms with van der Waals surface area (Å²) in [6, 6.07) is 1.77. The van der Waals surface area contributed by atoms with E-state index in [2.05, 4.69) is 5.16 Å². The fraction of sp³-hybridized carbons (Fsp3) is 0.556. The van der Waals surface area contributed by atoms with E-state index in [-0.39, 0.29) is 11.7 Å². The molecule has 1 unspecified atom stereocenters. The largest absolute Gasteiger partial charge is 0.360 e. The molecule has 6 nitrogen and oxygen atoms in total. The summed E-state index contributed by atoms with van der Waals surface area (Å²) in [5.74, 6) is 6.67. The van der Waals surface area contributed by atoms with Crippen LogP contribution in [0.1, 0.15) is 29.6 Å². The number of amides is 1. The molecule has 0 aliphatic carbocycles. The number of carbonyl (C=O) groups is 1. The van der Waals surface area contributed by atoms with Crippen molar-refractivity contribution in [1.82, 2.24) is 10.6 Å². The minimum atomic E-state index is -0.453. The quantitative estimate of drug-likeness (QED) is 0.376. The molecule has 0 radical (unpaired) electrons. The Morgan fingerprint density at radius 3 is 3.12 bits per heavy atom. The number of aromatic nitrogens is 1. The third-order valence-corrected chi connectivity index (χ3v) is 3.18. The van der Waals surface area contributed by atoms with E-state index in [1.165, 1.54) is 0 Å². The first-order valence-electron chi connectivity index (χ1n) is 4.97. The van der Waals surface area contributed by atoms with Crippen molar-refractivity contribution in [1.29, 1.82) is 0 Å². The Kier molecular flexibility index (Phi) is 5.30. The number of nitrogens with two attached hydrogens (primary N) is 2. The first-order chi connectivity index (χ1) is 7.67. The predicted molar refractivity (Wildman–Crippen MR) is 62.6 cm³/mol. The lowest BCUT2D eigenvalue weighted by Crippen LogP contribution is -2.30. The molecule has 0 aliphatic rings. The number of nitrogens with zero attached hydrogens (tertiary/aromatic N) is 1. The maximum Gasteiger partial charge on any atom is 0.287 e. The van der Waals surface area contributed by atoms with Gasteiger partial charge in [0, 0.05) is 17.9 Å². The molecular weight excluding hydrogens is 228 g/mol. The molecule has 1 amide bonds. The summed E-state index contributed by atoms with van der Waals surface area (Å²) in [4.78, 5) is 11.1. The smallest absolute Gasteiger partial charge is 0.287 e. The van der Waals surface area contributed by atoms with Crippen LogP contribution in [-0.4, -0.2) is 22.9 Å². The zero-order valence-corrected chi connectivity index (χ0v) is 9.92. The van der Waals surface area contributed by atoms with E-state index < -0.39 is 5.91 Å². The minimum Gasteiger partial charge on any atom is -0.360 e. The van der Waals surface area contributed by atoms with E-state index in [0.717, 1.165) is 12.2 Å². The summed E-state index contributed by atoms with van der Waals surface area (Å²) in [5, 5.41) is 3.59. The first kappa shape index (κ1) is 13.0. The van der Waals surface area contributed by atoms with E-state index in [1.807, 2.05) is 12.3 Å². The summed E-state index contributed by atoms with van der Waals surface area (Å²) in [6.07, 6.45) is 0.949. The summed E-state index contributed by atoms with van der Waals surface area (Å²) < 4.78 is 4.98. The van der Waals surface area contributed by atoms with Crippen LogP contribution in [-0.2, 0) is 5.75 Å². The molecule has 0 aliphatic heterocycles. The molecule has 0 fully saturated rings. The summed E-state index contributed by atoms with van der Waals surface area (Å²) in [6.45, 7) is 2.05. The molecular formula is C9H16N4O2S. The SMILES string of the molecule is CCC(N)CSCc1cc(C(=O)NN)no1. The second kappa shape index (κ2) is 6.51. The molecule has 5 N–H and O–H groups in total.